The molecule has 0 saturated heterocycles. The van der Waals surface area contributed by atoms with Gasteiger partial charge in [-0.15, -0.1) is 0 Å². The molecule has 18 nitrogen and oxygen atoms in total. The van der Waals surface area contributed by atoms with Gasteiger partial charge in [0.2, 0.25) is 0 Å². The summed E-state index contributed by atoms with van der Waals surface area (Å²) in [7, 11) is -10.0. The maximum atomic E-state index is 12.0. The first-order valence-corrected chi connectivity index (χ1v) is 21.6. The monoisotopic (exact) mass is 992 g/mol. The smallest absolute Gasteiger partial charge is 0.549 e. The third-order valence-electron chi connectivity index (χ3n) is 7.09. The Labute approximate surface area is 390 Å². The van der Waals surface area contributed by atoms with Crippen molar-refractivity contribution in [1.29, 1.82) is 0 Å². The standard InChI is InChI=1S/2C16H27BrO9S.2Na/c2*1-4-5-6-7-8-11(26-15(21)16(2,3)17)10-25-13(18)9-12(14(19)20)27(22,23)24;;/h2*11-12H,4-10H2,1-3H3,(H,19,20)(H,22,23,24);;/q;;2*+1/p-2. The number of aliphatic carboxylic acids is 2. The van der Waals surface area contributed by atoms with Gasteiger partial charge in [0.1, 0.15) is 44.6 Å². The molecule has 0 bridgehead atoms. The Kier molecular flexibility index (Phi) is 34.0. The SMILES string of the molecule is CCCCCCC(COC(=O)CC(C(=O)[O-])S(=O)(=O)O)OC(=O)C(C)(C)Br.CCCCCCC(COC(=O)CC(C(=O)[O-])S(=O)(=O)O)OC(=O)C(C)(C)Br.[Na+].[Na+]. The zero-order valence-corrected chi connectivity index (χ0v) is 42.0. The molecule has 0 spiro atoms. The van der Waals surface area contributed by atoms with Gasteiger partial charge in [-0.05, 0) is 53.4 Å². The van der Waals surface area contributed by atoms with Crippen molar-refractivity contribution in [1.82, 2.24) is 0 Å². The van der Waals surface area contributed by atoms with Crippen LogP contribution in [-0.4, -0.2) is 106 Å². The summed E-state index contributed by atoms with van der Waals surface area (Å²) in [6.45, 7) is 9.72. The van der Waals surface area contributed by atoms with Gasteiger partial charge >= 0.3 is 83.0 Å². The summed E-state index contributed by atoms with van der Waals surface area (Å²) in [5, 5.41) is 16.7. The minimum absolute atomic E-state index is 0. The molecule has 0 aromatic rings. The van der Waals surface area contributed by atoms with Gasteiger partial charge in [-0.3, -0.25) is 28.3 Å². The number of hydrogen-bond acceptors (Lipinski definition) is 16. The van der Waals surface area contributed by atoms with E-state index in [1.807, 2.05) is 13.8 Å². The summed E-state index contributed by atoms with van der Waals surface area (Å²) in [6, 6.07) is 0. The molecule has 4 unspecified atom stereocenters. The van der Waals surface area contributed by atoms with Gasteiger partial charge in [0, 0.05) is 0 Å². The quantitative estimate of drug-likeness (QED) is 0.0208. The predicted molar refractivity (Wildman–Crippen MR) is 195 cm³/mol. The van der Waals surface area contributed by atoms with Crippen molar-refractivity contribution in [3.63, 3.8) is 0 Å². The molecule has 0 aliphatic carbocycles. The van der Waals surface area contributed by atoms with E-state index in [2.05, 4.69) is 31.9 Å². The van der Waals surface area contributed by atoms with Crippen LogP contribution in [-0.2, 0) is 68.0 Å². The van der Waals surface area contributed by atoms with Crippen molar-refractivity contribution in [2.75, 3.05) is 13.2 Å². The molecule has 0 aromatic carbocycles. The number of carboxylic acids is 2. The van der Waals surface area contributed by atoms with E-state index in [1.54, 1.807) is 27.7 Å². The molecule has 0 rings (SSSR count). The molecule has 0 aliphatic rings. The Hall–Kier alpha value is -0.400. The number of unbranched alkanes of at least 4 members (excludes halogenated alkanes) is 6. The summed E-state index contributed by atoms with van der Waals surface area (Å²) in [5.74, 6) is -7.70. The van der Waals surface area contributed by atoms with Gasteiger partial charge in [0.15, 0.2) is 0 Å². The van der Waals surface area contributed by atoms with Crippen LogP contribution < -0.4 is 69.3 Å². The van der Waals surface area contributed by atoms with Crippen molar-refractivity contribution in [2.45, 2.75) is 150 Å². The average molecular weight is 995 g/mol. The molecule has 0 fully saturated rings. The zero-order chi connectivity index (χ0) is 42.5. The van der Waals surface area contributed by atoms with E-state index < -0.39 is 100 Å². The number of hydrogen-bond donors (Lipinski definition) is 2. The number of alkyl halides is 2. The van der Waals surface area contributed by atoms with E-state index in [-0.39, 0.29) is 72.3 Å². The van der Waals surface area contributed by atoms with E-state index in [0.29, 0.717) is 12.8 Å². The van der Waals surface area contributed by atoms with Crippen molar-refractivity contribution in [3.05, 3.63) is 0 Å². The largest absolute Gasteiger partial charge is 1.00 e. The summed E-state index contributed by atoms with van der Waals surface area (Å²) >= 11 is 6.33. The fourth-order valence-electron chi connectivity index (χ4n) is 3.95. The molecular formula is C32H52Br2Na2O18S2. The van der Waals surface area contributed by atoms with E-state index in [1.165, 1.54) is 0 Å². The molecule has 0 amide bonds. The van der Waals surface area contributed by atoms with Crippen molar-refractivity contribution in [3.8, 4) is 0 Å². The second-order valence-electron chi connectivity index (χ2n) is 13.1. The average Bonchev–Trinajstić information content (AvgIpc) is 3.01. The van der Waals surface area contributed by atoms with Gasteiger partial charge in [-0.2, -0.15) is 16.8 Å². The molecule has 0 heterocycles. The summed E-state index contributed by atoms with van der Waals surface area (Å²) in [5.41, 5.74) is 0. The van der Waals surface area contributed by atoms with Crippen LogP contribution in [0.25, 0.3) is 0 Å². The van der Waals surface area contributed by atoms with E-state index in [0.717, 1.165) is 51.4 Å². The minimum Gasteiger partial charge on any atom is -0.549 e. The Balaban J connectivity index is -0.000000466. The van der Waals surface area contributed by atoms with Crippen LogP contribution in [0.5, 0.6) is 0 Å². The van der Waals surface area contributed by atoms with Crippen LogP contribution >= 0.6 is 31.9 Å². The fraction of sp³-hybridized carbons (Fsp3) is 0.812. The summed E-state index contributed by atoms with van der Waals surface area (Å²) < 4.78 is 79.9. The van der Waals surface area contributed by atoms with Crippen molar-refractivity contribution < 1.29 is 143 Å². The van der Waals surface area contributed by atoms with Gasteiger partial charge < -0.3 is 38.7 Å². The number of carbonyl (C=O) groups is 6. The van der Waals surface area contributed by atoms with Gasteiger partial charge in [-0.25, -0.2) is 0 Å². The maximum Gasteiger partial charge on any atom is 1.00 e. The molecule has 0 aliphatic heterocycles. The fourth-order valence-corrected chi connectivity index (χ4v) is 5.31. The molecule has 56 heavy (non-hydrogen) atoms. The number of esters is 4. The predicted octanol–water partition coefficient (Wildman–Crippen LogP) is -4.03. The molecule has 0 aromatic heterocycles. The Morgan fingerprint density at radius 3 is 1.09 bits per heavy atom. The Morgan fingerprint density at radius 1 is 0.589 bits per heavy atom. The Morgan fingerprint density at radius 2 is 0.875 bits per heavy atom. The zero-order valence-electron chi connectivity index (χ0n) is 33.2. The van der Waals surface area contributed by atoms with E-state index >= 15 is 0 Å². The topological polar surface area (TPSA) is 294 Å². The third-order valence-corrected chi connectivity index (χ3v) is 9.89. The van der Waals surface area contributed by atoms with Crippen molar-refractivity contribution in [2.24, 2.45) is 0 Å². The van der Waals surface area contributed by atoms with Crippen LogP contribution in [0.4, 0.5) is 0 Å². The number of halogens is 2. The molecular weight excluding hydrogens is 942 g/mol. The van der Waals surface area contributed by atoms with Crippen LogP contribution in [0.2, 0.25) is 0 Å². The molecule has 0 saturated carbocycles. The second kappa shape index (κ2) is 30.6. The molecule has 24 heteroatoms. The molecule has 4 atom stereocenters. The Bertz CT molecular complexity index is 1340. The van der Waals surface area contributed by atoms with Crippen LogP contribution in [0.1, 0.15) is 119 Å². The third kappa shape index (κ3) is 30.6. The van der Waals surface area contributed by atoms with Crippen LogP contribution in [0.3, 0.4) is 0 Å². The first-order chi connectivity index (χ1) is 24.6. The van der Waals surface area contributed by atoms with Crippen LogP contribution in [0, 0.1) is 0 Å². The number of ether oxygens (including phenoxy) is 4. The van der Waals surface area contributed by atoms with Gasteiger partial charge in [-0.1, -0.05) is 84.2 Å². The first-order valence-electron chi connectivity index (χ1n) is 17.0. The molecule has 0 radical (unpaired) electrons. The van der Waals surface area contributed by atoms with Gasteiger partial charge in [0.05, 0.1) is 24.8 Å². The molecule has 2 N–H and O–H groups in total. The van der Waals surface area contributed by atoms with E-state index in [9.17, 15) is 55.8 Å². The van der Waals surface area contributed by atoms with Crippen LogP contribution in [0.15, 0.2) is 0 Å². The minimum atomic E-state index is -5.01. The number of rotatable bonds is 26. The second-order valence-corrected chi connectivity index (χ2v) is 20.3. The number of carboxylic acid groups (broad SMARTS) is 2. The number of carbonyl (C=O) groups excluding carboxylic acids is 6. The maximum absolute atomic E-state index is 12.0. The van der Waals surface area contributed by atoms with E-state index in [4.69, 9.17) is 28.1 Å². The molecule has 316 valence electrons. The van der Waals surface area contributed by atoms with Gasteiger partial charge in [0.25, 0.3) is 20.2 Å². The van der Waals surface area contributed by atoms with Crippen molar-refractivity contribution >= 4 is 87.9 Å². The summed E-state index contributed by atoms with van der Waals surface area (Å²) in [4.78, 5) is 68.9. The normalized spacial score (nSPS) is 13.8. The summed E-state index contributed by atoms with van der Waals surface area (Å²) in [6.07, 6.45) is 4.33. The first kappa shape index (κ1) is 62.3.